The van der Waals surface area contributed by atoms with Gasteiger partial charge in [0.2, 0.25) is 0 Å². The number of carboxylic acids is 1. The molecule has 0 aliphatic heterocycles. The highest BCUT2D eigenvalue weighted by Gasteiger charge is 2.12. The second-order valence-electron chi connectivity index (χ2n) is 4.68. The van der Waals surface area contributed by atoms with Gasteiger partial charge in [0.25, 0.3) is 0 Å². The Hall–Kier alpha value is -2.75. The van der Waals surface area contributed by atoms with Gasteiger partial charge in [0.1, 0.15) is 6.61 Å². The zero-order valence-corrected chi connectivity index (χ0v) is 14.6. The molecule has 0 N–H and O–H groups in total. The van der Waals surface area contributed by atoms with E-state index in [1.54, 1.807) is 18.2 Å². The largest absolute Gasteiger partial charge is 0.544 e. The molecule has 0 aliphatic rings. The van der Waals surface area contributed by atoms with Gasteiger partial charge >= 0.3 is 0 Å². The molecule has 0 saturated heterocycles. The van der Waals surface area contributed by atoms with Crippen LogP contribution in [0.3, 0.4) is 0 Å². The summed E-state index contributed by atoms with van der Waals surface area (Å²) in [5, 5.41) is 11.0. The minimum atomic E-state index is -1.31. The van der Waals surface area contributed by atoms with Crippen molar-refractivity contribution in [2.45, 2.75) is 0 Å². The van der Waals surface area contributed by atoms with Crippen LogP contribution in [0, 0.1) is 12.3 Å². The summed E-state index contributed by atoms with van der Waals surface area (Å²) in [6, 6.07) is 6.01. The van der Waals surface area contributed by atoms with Gasteiger partial charge in [-0.15, -0.1) is 17.8 Å². The Kier molecular flexibility index (Phi) is 6.23. The maximum atomic E-state index is 12.1. The molecule has 0 spiro atoms. The summed E-state index contributed by atoms with van der Waals surface area (Å²) in [6.07, 6.45) is 8.02. The van der Waals surface area contributed by atoms with Gasteiger partial charge in [-0.25, -0.2) is 0 Å². The lowest BCUT2D eigenvalue weighted by molar-refractivity contribution is -0.254. The number of ketones is 1. The fourth-order valence-electron chi connectivity index (χ4n) is 1.92. The van der Waals surface area contributed by atoms with Gasteiger partial charge in [0.15, 0.2) is 17.3 Å². The first-order valence-corrected chi connectivity index (χ1v) is 8.13. The van der Waals surface area contributed by atoms with Gasteiger partial charge < -0.3 is 19.4 Å². The summed E-state index contributed by atoms with van der Waals surface area (Å²) >= 11 is 7.01. The normalized spacial score (nSPS) is 10.4. The van der Waals surface area contributed by atoms with Crippen LogP contribution in [0.15, 0.2) is 30.3 Å². The average Bonchev–Trinajstić information content (AvgIpc) is 3.08. The molecule has 1 heterocycles. The number of allylic oxidation sites excluding steroid dienone is 1. The van der Waals surface area contributed by atoms with E-state index in [4.69, 9.17) is 27.5 Å². The monoisotopic (exact) mass is 375 g/mol. The number of carbonyl (C=O) groups excluding carboxylic acids is 2. The van der Waals surface area contributed by atoms with E-state index in [1.165, 1.54) is 25.3 Å². The van der Waals surface area contributed by atoms with Crippen LogP contribution in [0.1, 0.15) is 24.9 Å². The molecule has 0 amide bonds. The van der Waals surface area contributed by atoms with Crippen molar-refractivity contribution in [1.29, 1.82) is 0 Å². The van der Waals surface area contributed by atoms with E-state index in [2.05, 4.69) is 5.92 Å². The van der Waals surface area contributed by atoms with Gasteiger partial charge in [-0.3, -0.25) is 4.79 Å². The zero-order valence-electron chi connectivity index (χ0n) is 13.1. The molecule has 25 heavy (non-hydrogen) atoms. The number of terminal acetylenes is 1. The molecule has 0 radical (unpaired) electrons. The average molecular weight is 376 g/mol. The Balaban J connectivity index is 2.22. The maximum absolute atomic E-state index is 12.1. The molecule has 0 unspecified atom stereocenters. The van der Waals surface area contributed by atoms with Crippen molar-refractivity contribution < 1.29 is 24.2 Å². The van der Waals surface area contributed by atoms with Crippen LogP contribution < -0.4 is 14.6 Å². The summed E-state index contributed by atoms with van der Waals surface area (Å²) in [6.45, 7) is 0.0445. The fraction of sp³-hybridized carbons (Fsp3) is 0.111. The highest BCUT2D eigenvalue weighted by atomic mass is 35.5. The molecule has 0 fully saturated rings. The SMILES string of the molecule is C#CCOc1c(Cl)cc(/C=C/C(=O)c2ccc(C(=O)[O-])s2)cc1OC. The Labute approximate surface area is 153 Å². The third-order valence-corrected chi connectivity index (χ3v) is 4.39. The highest BCUT2D eigenvalue weighted by Crippen LogP contribution is 2.36. The summed E-state index contributed by atoms with van der Waals surface area (Å²) < 4.78 is 10.6. The molecule has 0 saturated carbocycles. The highest BCUT2D eigenvalue weighted by molar-refractivity contribution is 7.16. The third kappa shape index (κ3) is 4.63. The first-order valence-electron chi connectivity index (χ1n) is 6.93. The fourth-order valence-corrected chi connectivity index (χ4v) is 2.96. The van der Waals surface area contributed by atoms with Crippen molar-refractivity contribution in [3.05, 3.63) is 50.7 Å². The summed E-state index contributed by atoms with van der Waals surface area (Å²) in [5.41, 5.74) is 0.611. The molecule has 0 bridgehead atoms. The molecule has 5 nitrogen and oxygen atoms in total. The summed E-state index contributed by atoms with van der Waals surface area (Å²) in [4.78, 5) is 23.1. The molecular formula is C18H12ClO5S-. The predicted molar refractivity (Wildman–Crippen MR) is 94.3 cm³/mol. The number of thiophene rings is 1. The molecular weight excluding hydrogens is 364 g/mol. The van der Waals surface area contributed by atoms with Crippen molar-refractivity contribution in [3.63, 3.8) is 0 Å². The van der Waals surface area contributed by atoms with Gasteiger partial charge in [-0.2, -0.15) is 0 Å². The van der Waals surface area contributed by atoms with E-state index in [9.17, 15) is 14.7 Å². The van der Waals surface area contributed by atoms with Crippen molar-refractivity contribution in [2.24, 2.45) is 0 Å². The number of methoxy groups -OCH3 is 1. The van der Waals surface area contributed by atoms with Crippen LogP contribution in [0.25, 0.3) is 6.08 Å². The van der Waals surface area contributed by atoms with Crippen LogP contribution in [-0.2, 0) is 0 Å². The summed E-state index contributed by atoms with van der Waals surface area (Å²) in [7, 11) is 1.46. The number of benzene rings is 1. The number of carbonyl (C=O) groups is 2. The van der Waals surface area contributed by atoms with Crippen molar-refractivity contribution in [1.82, 2.24) is 0 Å². The van der Waals surface area contributed by atoms with Crippen LogP contribution in [0.4, 0.5) is 0 Å². The van der Waals surface area contributed by atoms with Gasteiger partial charge in [0, 0.05) is 0 Å². The minimum Gasteiger partial charge on any atom is -0.544 e. The number of rotatable bonds is 7. The lowest BCUT2D eigenvalue weighted by Crippen LogP contribution is -2.20. The Morgan fingerprint density at radius 2 is 2.08 bits per heavy atom. The second kappa shape index (κ2) is 8.38. The Morgan fingerprint density at radius 3 is 2.68 bits per heavy atom. The van der Waals surface area contributed by atoms with Gasteiger partial charge in [0.05, 0.1) is 27.9 Å². The van der Waals surface area contributed by atoms with E-state index in [0.717, 1.165) is 11.3 Å². The number of hydrogen-bond acceptors (Lipinski definition) is 6. The van der Waals surface area contributed by atoms with Crippen molar-refractivity contribution >= 4 is 40.8 Å². The first kappa shape index (κ1) is 18.6. The van der Waals surface area contributed by atoms with Gasteiger partial charge in [-0.1, -0.05) is 23.6 Å². The number of halogens is 1. The third-order valence-electron chi connectivity index (χ3n) is 3.03. The van der Waals surface area contributed by atoms with Crippen LogP contribution in [0.5, 0.6) is 11.5 Å². The van der Waals surface area contributed by atoms with Crippen LogP contribution >= 0.6 is 22.9 Å². The summed E-state index contributed by atoms with van der Waals surface area (Å²) in [5.74, 6) is 1.39. The number of aromatic carboxylic acids is 1. The molecule has 2 aromatic rings. The molecule has 0 aliphatic carbocycles. The second-order valence-corrected chi connectivity index (χ2v) is 6.17. The lowest BCUT2D eigenvalue weighted by Gasteiger charge is -2.11. The molecule has 7 heteroatoms. The van der Waals surface area contributed by atoms with E-state index in [0.29, 0.717) is 21.9 Å². The first-order chi connectivity index (χ1) is 12.0. The van der Waals surface area contributed by atoms with E-state index in [1.807, 2.05) is 0 Å². The van der Waals surface area contributed by atoms with E-state index >= 15 is 0 Å². The predicted octanol–water partition coefficient (Wildman–Crippen LogP) is 2.68. The van der Waals surface area contributed by atoms with E-state index in [-0.39, 0.29) is 22.3 Å². The lowest BCUT2D eigenvalue weighted by atomic mass is 10.1. The molecule has 1 aromatic carbocycles. The number of carboxylic acid groups (broad SMARTS) is 1. The molecule has 0 atom stereocenters. The number of ether oxygens (including phenoxy) is 2. The molecule has 2 rings (SSSR count). The van der Waals surface area contributed by atoms with Gasteiger partial charge in [-0.05, 0) is 35.9 Å². The van der Waals surface area contributed by atoms with Crippen LogP contribution in [-0.4, -0.2) is 25.5 Å². The quantitative estimate of drug-likeness (QED) is 0.422. The minimum absolute atomic E-state index is 0.00326. The zero-order chi connectivity index (χ0) is 18.4. The molecule has 1 aromatic heterocycles. The standard InChI is InChI=1S/C18H13ClO5S/c1-3-8-24-17-12(19)9-11(10-14(17)23-2)4-5-13(20)15-6-7-16(25-15)18(21)22/h1,4-7,9-10H,8H2,2H3,(H,21,22)/p-1/b5-4+. The van der Waals surface area contributed by atoms with Crippen molar-refractivity contribution in [2.75, 3.05) is 13.7 Å². The number of hydrogen-bond donors (Lipinski definition) is 0. The topological polar surface area (TPSA) is 75.7 Å². The Morgan fingerprint density at radius 1 is 1.36 bits per heavy atom. The van der Waals surface area contributed by atoms with Crippen LogP contribution in [0.2, 0.25) is 5.02 Å². The smallest absolute Gasteiger partial charge is 0.195 e. The maximum Gasteiger partial charge on any atom is 0.195 e. The van der Waals surface area contributed by atoms with Crippen molar-refractivity contribution in [3.8, 4) is 23.8 Å². The Bertz CT molecular complexity index is 876. The van der Waals surface area contributed by atoms with E-state index < -0.39 is 5.97 Å². The molecule has 128 valence electrons.